The van der Waals surface area contributed by atoms with Crippen molar-refractivity contribution in [3.63, 3.8) is 0 Å². The van der Waals surface area contributed by atoms with Crippen LogP contribution in [0, 0.1) is 0 Å². The summed E-state index contributed by atoms with van der Waals surface area (Å²) < 4.78 is 12.7. The van der Waals surface area contributed by atoms with E-state index < -0.39 is 0 Å². The molecule has 1 aromatic heterocycles. The smallest absolute Gasteiger partial charge is 0.233 e. The second-order valence-corrected chi connectivity index (χ2v) is 7.10. The van der Waals surface area contributed by atoms with Crippen LogP contribution < -0.4 is 10.1 Å². The van der Waals surface area contributed by atoms with Crippen molar-refractivity contribution in [1.29, 1.82) is 0 Å². The SMILES string of the molecule is COc1ccccc1-n1cnnc1S[C@@H](C)C(=O)NC[C@H]1CCCO1. The number of methoxy groups -OCH3 is 1. The number of hydrogen-bond donors (Lipinski definition) is 1. The first-order valence-corrected chi connectivity index (χ1v) is 9.16. The zero-order valence-corrected chi connectivity index (χ0v) is 15.2. The summed E-state index contributed by atoms with van der Waals surface area (Å²) in [6, 6.07) is 7.63. The number of benzene rings is 1. The average molecular weight is 362 g/mol. The van der Waals surface area contributed by atoms with Gasteiger partial charge in [-0.1, -0.05) is 23.9 Å². The molecule has 134 valence electrons. The Balaban J connectivity index is 1.65. The minimum atomic E-state index is -0.293. The highest BCUT2D eigenvalue weighted by Crippen LogP contribution is 2.28. The van der Waals surface area contributed by atoms with Gasteiger partial charge in [0.2, 0.25) is 5.91 Å². The van der Waals surface area contributed by atoms with Gasteiger partial charge in [-0.3, -0.25) is 9.36 Å². The van der Waals surface area contributed by atoms with Crippen molar-refractivity contribution in [3.05, 3.63) is 30.6 Å². The Morgan fingerprint density at radius 2 is 2.36 bits per heavy atom. The third-order valence-electron chi connectivity index (χ3n) is 4.04. The molecule has 0 saturated carbocycles. The Kier molecular flexibility index (Phi) is 5.93. The van der Waals surface area contributed by atoms with Crippen molar-refractivity contribution in [2.45, 2.75) is 36.3 Å². The predicted molar refractivity (Wildman–Crippen MR) is 95.2 cm³/mol. The number of aromatic nitrogens is 3. The first-order valence-electron chi connectivity index (χ1n) is 8.28. The fraction of sp³-hybridized carbons (Fsp3) is 0.471. The molecule has 1 amide bonds. The lowest BCUT2D eigenvalue weighted by Crippen LogP contribution is -2.36. The third kappa shape index (κ3) is 4.32. The predicted octanol–water partition coefficient (Wildman–Crippen LogP) is 2.05. The number of carbonyl (C=O) groups is 1. The molecule has 0 spiro atoms. The Hall–Kier alpha value is -2.06. The van der Waals surface area contributed by atoms with Gasteiger partial charge in [0.25, 0.3) is 0 Å². The van der Waals surface area contributed by atoms with E-state index in [0.29, 0.717) is 11.7 Å². The van der Waals surface area contributed by atoms with Gasteiger partial charge in [0.1, 0.15) is 12.1 Å². The largest absolute Gasteiger partial charge is 0.495 e. The zero-order valence-electron chi connectivity index (χ0n) is 14.3. The summed E-state index contributed by atoms with van der Waals surface area (Å²) in [6.45, 7) is 3.20. The van der Waals surface area contributed by atoms with Crippen LogP contribution in [-0.2, 0) is 9.53 Å². The van der Waals surface area contributed by atoms with Crippen LogP contribution in [0.5, 0.6) is 5.75 Å². The molecule has 8 heteroatoms. The minimum Gasteiger partial charge on any atom is -0.495 e. The lowest BCUT2D eigenvalue weighted by molar-refractivity contribution is -0.120. The lowest BCUT2D eigenvalue weighted by Gasteiger charge is -2.15. The Labute approximate surface area is 151 Å². The Morgan fingerprint density at radius 3 is 3.12 bits per heavy atom. The first-order chi connectivity index (χ1) is 12.2. The van der Waals surface area contributed by atoms with Gasteiger partial charge in [0.15, 0.2) is 5.16 Å². The van der Waals surface area contributed by atoms with Crippen molar-refractivity contribution >= 4 is 17.7 Å². The molecular formula is C17H22N4O3S. The number of hydrogen-bond acceptors (Lipinski definition) is 6. The third-order valence-corrected chi connectivity index (χ3v) is 5.10. The normalized spacial score (nSPS) is 18.1. The van der Waals surface area contributed by atoms with E-state index in [0.717, 1.165) is 30.9 Å². The monoisotopic (exact) mass is 362 g/mol. The van der Waals surface area contributed by atoms with E-state index in [1.807, 2.05) is 35.8 Å². The van der Waals surface area contributed by atoms with Crippen LogP contribution in [0.2, 0.25) is 0 Å². The Morgan fingerprint density at radius 1 is 1.52 bits per heavy atom. The second-order valence-electron chi connectivity index (χ2n) is 5.80. The summed E-state index contributed by atoms with van der Waals surface area (Å²) in [7, 11) is 1.62. The van der Waals surface area contributed by atoms with E-state index in [9.17, 15) is 4.79 Å². The molecule has 1 fully saturated rings. The summed E-state index contributed by atoms with van der Waals surface area (Å²) in [4.78, 5) is 12.3. The summed E-state index contributed by atoms with van der Waals surface area (Å²) in [5, 5.41) is 11.4. The molecule has 25 heavy (non-hydrogen) atoms. The number of rotatable bonds is 7. The van der Waals surface area contributed by atoms with Gasteiger partial charge in [0.05, 0.1) is 24.2 Å². The van der Waals surface area contributed by atoms with E-state index in [1.54, 1.807) is 13.4 Å². The summed E-state index contributed by atoms with van der Waals surface area (Å²) in [6.07, 6.45) is 3.83. The van der Waals surface area contributed by atoms with Crippen molar-refractivity contribution < 1.29 is 14.3 Å². The molecule has 7 nitrogen and oxygen atoms in total. The molecule has 0 bridgehead atoms. The lowest BCUT2D eigenvalue weighted by atomic mass is 10.2. The van der Waals surface area contributed by atoms with Crippen LogP contribution in [0.3, 0.4) is 0 Å². The Bertz CT molecular complexity index is 715. The summed E-state index contributed by atoms with van der Waals surface area (Å²) in [5.74, 6) is 0.690. The standard InChI is InChI=1S/C17H22N4O3S/c1-12(16(22)18-10-13-6-5-9-24-13)25-17-20-19-11-21(17)14-7-3-4-8-15(14)23-2/h3-4,7-8,11-13H,5-6,9-10H2,1-2H3,(H,18,22)/t12-,13+/m0/s1. The molecule has 1 N–H and O–H groups in total. The zero-order chi connectivity index (χ0) is 17.6. The molecule has 0 radical (unpaired) electrons. The molecular weight excluding hydrogens is 340 g/mol. The molecule has 0 aliphatic carbocycles. The van der Waals surface area contributed by atoms with E-state index in [4.69, 9.17) is 9.47 Å². The number of amides is 1. The van der Waals surface area contributed by atoms with Gasteiger partial charge >= 0.3 is 0 Å². The van der Waals surface area contributed by atoms with E-state index >= 15 is 0 Å². The molecule has 2 aromatic rings. The highest BCUT2D eigenvalue weighted by molar-refractivity contribution is 8.00. The molecule has 0 unspecified atom stereocenters. The highest BCUT2D eigenvalue weighted by atomic mass is 32.2. The maximum absolute atomic E-state index is 12.3. The van der Waals surface area contributed by atoms with Gasteiger partial charge in [-0.25, -0.2) is 0 Å². The fourth-order valence-electron chi connectivity index (χ4n) is 2.67. The van der Waals surface area contributed by atoms with Crippen molar-refractivity contribution in [3.8, 4) is 11.4 Å². The molecule has 1 aromatic carbocycles. The second kappa shape index (κ2) is 8.35. The van der Waals surface area contributed by atoms with E-state index in [2.05, 4.69) is 15.5 Å². The van der Waals surface area contributed by atoms with E-state index in [-0.39, 0.29) is 17.3 Å². The van der Waals surface area contributed by atoms with Gasteiger partial charge in [-0.05, 0) is 31.9 Å². The number of ether oxygens (including phenoxy) is 2. The molecule has 2 atom stereocenters. The first kappa shape index (κ1) is 17.8. The maximum Gasteiger partial charge on any atom is 0.233 e. The van der Waals surface area contributed by atoms with E-state index in [1.165, 1.54) is 11.8 Å². The van der Waals surface area contributed by atoms with Gasteiger partial charge < -0.3 is 14.8 Å². The van der Waals surface area contributed by atoms with Crippen LogP contribution >= 0.6 is 11.8 Å². The average Bonchev–Trinajstić information content (AvgIpc) is 3.31. The highest BCUT2D eigenvalue weighted by Gasteiger charge is 2.21. The molecule has 2 heterocycles. The molecule has 1 aliphatic rings. The molecule has 1 aliphatic heterocycles. The van der Waals surface area contributed by atoms with Crippen LogP contribution in [-0.4, -0.2) is 52.3 Å². The van der Waals surface area contributed by atoms with Crippen LogP contribution in [0.4, 0.5) is 0 Å². The molecule has 1 saturated heterocycles. The number of thioether (sulfide) groups is 1. The van der Waals surface area contributed by atoms with Crippen LogP contribution in [0.1, 0.15) is 19.8 Å². The quantitative estimate of drug-likeness (QED) is 0.760. The van der Waals surface area contributed by atoms with Crippen molar-refractivity contribution in [2.75, 3.05) is 20.3 Å². The fourth-order valence-corrected chi connectivity index (χ4v) is 3.53. The van der Waals surface area contributed by atoms with Gasteiger partial charge in [-0.2, -0.15) is 0 Å². The minimum absolute atomic E-state index is 0.0323. The van der Waals surface area contributed by atoms with Gasteiger partial charge in [0, 0.05) is 13.2 Å². The summed E-state index contributed by atoms with van der Waals surface area (Å²) in [5.41, 5.74) is 0.837. The number of para-hydroxylation sites is 2. The van der Waals surface area contributed by atoms with Crippen molar-refractivity contribution in [2.24, 2.45) is 0 Å². The maximum atomic E-state index is 12.3. The summed E-state index contributed by atoms with van der Waals surface area (Å²) >= 11 is 1.36. The van der Waals surface area contributed by atoms with Crippen LogP contribution in [0.25, 0.3) is 5.69 Å². The number of carbonyl (C=O) groups excluding carboxylic acids is 1. The molecule has 3 rings (SSSR count). The number of nitrogens with zero attached hydrogens (tertiary/aromatic N) is 3. The van der Waals surface area contributed by atoms with Gasteiger partial charge in [-0.15, -0.1) is 10.2 Å². The number of nitrogens with one attached hydrogen (secondary N) is 1. The topological polar surface area (TPSA) is 78.3 Å². The van der Waals surface area contributed by atoms with Crippen LogP contribution in [0.15, 0.2) is 35.7 Å². The van der Waals surface area contributed by atoms with Crippen molar-refractivity contribution in [1.82, 2.24) is 20.1 Å².